The van der Waals surface area contributed by atoms with Crippen molar-refractivity contribution in [1.82, 2.24) is 0 Å². The molecule has 0 radical (unpaired) electrons. The molecule has 5 heteroatoms. The minimum atomic E-state index is -1.44. The molecule has 33 heavy (non-hydrogen) atoms. The summed E-state index contributed by atoms with van der Waals surface area (Å²) >= 11 is 6.24. The van der Waals surface area contributed by atoms with E-state index in [1.165, 1.54) is 0 Å². The molecule has 1 fully saturated rings. The van der Waals surface area contributed by atoms with Crippen LogP contribution in [0.1, 0.15) is 33.0 Å². The first-order valence-electron chi connectivity index (χ1n) is 10.7. The van der Waals surface area contributed by atoms with Crippen molar-refractivity contribution in [3.05, 3.63) is 106 Å². The Kier molecular flexibility index (Phi) is 5.05. The Balaban J connectivity index is 1.78. The molecule has 3 aromatic rings. The number of fused-ring (bicyclic) bond motifs is 3. The van der Waals surface area contributed by atoms with Crippen molar-refractivity contribution in [2.45, 2.75) is 24.9 Å². The van der Waals surface area contributed by atoms with Crippen LogP contribution in [-0.2, 0) is 0 Å². The SMILES string of the molecule is Cc1ccc(C(=O)[C@H]2[C@H](c3ccccc3)C(C#N)(C#N)[C@@H]3C=Cc4cc(Cl)ccc4N32)cc1. The van der Waals surface area contributed by atoms with Crippen molar-refractivity contribution in [2.24, 2.45) is 5.41 Å². The second-order valence-electron chi connectivity index (χ2n) is 8.57. The summed E-state index contributed by atoms with van der Waals surface area (Å²) in [6.07, 6.45) is 3.76. The number of benzene rings is 3. The number of anilines is 1. The molecule has 0 amide bonds. The number of Topliss-reactive ketones (excluding diaryl/α,β-unsaturated/α-hetero) is 1. The Labute approximate surface area is 198 Å². The molecule has 3 aromatic carbocycles. The quantitative estimate of drug-likeness (QED) is 0.464. The molecule has 2 aliphatic heterocycles. The number of carbonyl (C=O) groups is 1. The van der Waals surface area contributed by atoms with E-state index in [0.717, 1.165) is 22.4 Å². The first kappa shape index (κ1) is 21.0. The highest BCUT2D eigenvalue weighted by atomic mass is 35.5. The van der Waals surface area contributed by atoms with Gasteiger partial charge in [0.2, 0.25) is 0 Å². The van der Waals surface area contributed by atoms with Crippen LogP contribution in [-0.4, -0.2) is 17.9 Å². The van der Waals surface area contributed by atoms with Gasteiger partial charge in [0.25, 0.3) is 0 Å². The van der Waals surface area contributed by atoms with Crippen molar-refractivity contribution in [3.63, 3.8) is 0 Å². The van der Waals surface area contributed by atoms with E-state index in [1.807, 2.05) is 90.7 Å². The number of nitriles is 2. The lowest BCUT2D eigenvalue weighted by atomic mass is 9.69. The second-order valence-corrected chi connectivity index (χ2v) is 9.01. The summed E-state index contributed by atoms with van der Waals surface area (Å²) in [6, 6.07) is 25.7. The second kappa shape index (κ2) is 7.93. The Bertz CT molecular complexity index is 1330. The van der Waals surface area contributed by atoms with E-state index in [4.69, 9.17) is 11.6 Å². The Morgan fingerprint density at radius 1 is 1.00 bits per heavy atom. The zero-order valence-corrected chi connectivity index (χ0v) is 18.7. The molecule has 0 bridgehead atoms. The lowest BCUT2D eigenvalue weighted by Crippen LogP contribution is -2.44. The molecule has 0 unspecified atom stereocenters. The topological polar surface area (TPSA) is 67.9 Å². The number of carbonyl (C=O) groups excluding carboxylic acids is 1. The largest absolute Gasteiger partial charge is 0.351 e. The van der Waals surface area contributed by atoms with Crippen molar-refractivity contribution >= 4 is 29.1 Å². The predicted molar refractivity (Wildman–Crippen MR) is 129 cm³/mol. The fourth-order valence-corrected chi connectivity index (χ4v) is 5.37. The first-order chi connectivity index (χ1) is 16.0. The molecule has 0 N–H and O–H groups in total. The van der Waals surface area contributed by atoms with E-state index in [0.29, 0.717) is 10.6 Å². The summed E-state index contributed by atoms with van der Waals surface area (Å²) in [4.78, 5) is 16.0. The molecule has 2 aliphatic rings. The molecule has 2 heterocycles. The van der Waals surface area contributed by atoms with Gasteiger partial charge >= 0.3 is 0 Å². The van der Waals surface area contributed by atoms with Gasteiger partial charge in [0.1, 0.15) is 6.04 Å². The van der Waals surface area contributed by atoms with Gasteiger partial charge in [0.15, 0.2) is 11.2 Å². The standard InChI is InChI=1S/C28H20ClN3O/c1-18-7-9-20(10-8-18)27(33)26-25(19-5-3-2-4-6-19)28(16-30,17-31)24-14-11-21-15-22(29)12-13-23(21)32(24)26/h2-15,24-26H,1H3/t24-,25-,26+/m0/s1. The summed E-state index contributed by atoms with van der Waals surface area (Å²) in [5, 5.41) is 21.4. The van der Waals surface area contributed by atoms with Gasteiger partial charge in [0.05, 0.1) is 18.2 Å². The van der Waals surface area contributed by atoms with Crippen molar-refractivity contribution < 1.29 is 4.79 Å². The van der Waals surface area contributed by atoms with Crippen LogP contribution < -0.4 is 4.90 Å². The zero-order chi connectivity index (χ0) is 23.2. The van der Waals surface area contributed by atoms with Gasteiger partial charge < -0.3 is 4.90 Å². The molecule has 4 nitrogen and oxygen atoms in total. The first-order valence-corrected chi connectivity index (χ1v) is 11.1. The average molecular weight is 450 g/mol. The predicted octanol–water partition coefficient (Wildman–Crippen LogP) is 5.93. The van der Waals surface area contributed by atoms with Crippen molar-refractivity contribution in [1.29, 1.82) is 10.5 Å². The fourth-order valence-electron chi connectivity index (χ4n) is 5.19. The number of hydrogen-bond acceptors (Lipinski definition) is 4. The van der Waals surface area contributed by atoms with Gasteiger partial charge in [-0.05, 0) is 36.2 Å². The molecule has 1 saturated heterocycles. The van der Waals surface area contributed by atoms with E-state index in [9.17, 15) is 15.3 Å². The molecule has 0 spiro atoms. The molecule has 5 rings (SSSR count). The number of ketones is 1. The molecule has 0 aliphatic carbocycles. The minimum absolute atomic E-state index is 0.113. The highest BCUT2D eigenvalue weighted by Gasteiger charge is 2.63. The molecule has 0 saturated carbocycles. The lowest BCUT2D eigenvalue weighted by molar-refractivity contribution is 0.0951. The number of hydrogen-bond donors (Lipinski definition) is 0. The number of nitrogens with zero attached hydrogens (tertiary/aromatic N) is 3. The van der Waals surface area contributed by atoms with Gasteiger partial charge in [0, 0.05) is 22.2 Å². The van der Waals surface area contributed by atoms with Crippen LogP contribution in [0, 0.1) is 35.0 Å². The van der Waals surface area contributed by atoms with E-state index >= 15 is 0 Å². The van der Waals surface area contributed by atoms with E-state index in [1.54, 1.807) is 6.07 Å². The van der Waals surface area contributed by atoms with Gasteiger partial charge in [-0.2, -0.15) is 10.5 Å². The van der Waals surface area contributed by atoms with Crippen molar-refractivity contribution in [2.75, 3.05) is 4.90 Å². The van der Waals surface area contributed by atoms with E-state index in [2.05, 4.69) is 12.1 Å². The maximum atomic E-state index is 14.1. The highest BCUT2D eigenvalue weighted by molar-refractivity contribution is 6.30. The van der Waals surface area contributed by atoms with Crippen LogP contribution in [0.3, 0.4) is 0 Å². The minimum Gasteiger partial charge on any atom is -0.351 e. The normalized spacial score (nSPS) is 22.1. The van der Waals surface area contributed by atoms with Crippen molar-refractivity contribution in [3.8, 4) is 12.1 Å². The summed E-state index contributed by atoms with van der Waals surface area (Å²) in [5.41, 5.74) is 2.62. The molecule has 3 atom stereocenters. The molecular formula is C28H20ClN3O. The third kappa shape index (κ3) is 3.15. The highest BCUT2D eigenvalue weighted by Crippen LogP contribution is 2.55. The van der Waals surface area contributed by atoms with Crippen LogP contribution in [0.4, 0.5) is 5.69 Å². The van der Waals surface area contributed by atoms with E-state index in [-0.39, 0.29) is 5.78 Å². The van der Waals surface area contributed by atoms with Crippen LogP contribution in [0.2, 0.25) is 5.02 Å². The maximum absolute atomic E-state index is 14.1. The Morgan fingerprint density at radius 2 is 1.70 bits per heavy atom. The van der Waals surface area contributed by atoms with Crippen LogP contribution in [0.15, 0.2) is 78.9 Å². The van der Waals surface area contributed by atoms with E-state index < -0.39 is 23.4 Å². The Hall–Kier alpha value is -3.86. The molecule has 0 aromatic heterocycles. The number of aryl methyl sites for hydroxylation is 1. The smallest absolute Gasteiger partial charge is 0.185 e. The number of rotatable bonds is 3. The van der Waals surface area contributed by atoms with Crippen LogP contribution in [0.5, 0.6) is 0 Å². The summed E-state index contributed by atoms with van der Waals surface area (Å²) in [5.74, 6) is -0.754. The van der Waals surface area contributed by atoms with Crippen LogP contribution >= 0.6 is 11.6 Å². The molecular weight excluding hydrogens is 430 g/mol. The van der Waals surface area contributed by atoms with Gasteiger partial charge in [-0.3, -0.25) is 4.79 Å². The third-order valence-electron chi connectivity index (χ3n) is 6.73. The average Bonchev–Trinajstić information content (AvgIpc) is 3.15. The monoisotopic (exact) mass is 449 g/mol. The Morgan fingerprint density at radius 3 is 2.36 bits per heavy atom. The maximum Gasteiger partial charge on any atom is 0.185 e. The summed E-state index contributed by atoms with van der Waals surface area (Å²) < 4.78 is 0. The van der Waals surface area contributed by atoms with Gasteiger partial charge in [-0.1, -0.05) is 83.9 Å². The lowest BCUT2D eigenvalue weighted by Gasteiger charge is -2.35. The summed E-state index contributed by atoms with van der Waals surface area (Å²) in [6.45, 7) is 1.97. The summed E-state index contributed by atoms with van der Waals surface area (Å²) in [7, 11) is 0. The van der Waals surface area contributed by atoms with Gasteiger partial charge in [-0.15, -0.1) is 0 Å². The molecule has 160 valence electrons. The van der Waals surface area contributed by atoms with Gasteiger partial charge in [-0.25, -0.2) is 0 Å². The van der Waals surface area contributed by atoms with Crippen LogP contribution in [0.25, 0.3) is 6.08 Å². The number of halogens is 1. The third-order valence-corrected chi connectivity index (χ3v) is 6.97. The fraction of sp³-hybridized carbons (Fsp3) is 0.179. The zero-order valence-electron chi connectivity index (χ0n) is 17.9.